The number of carbonyl (C=O) groups excluding carboxylic acids is 2. The van der Waals surface area contributed by atoms with Gasteiger partial charge in [0.25, 0.3) is 0 Å². The predicted octanol–water partition coefficient (Wildman–Crippen LogP) is -0.00750. The number of nitrogens with two attached hydrogens (primary N) is 1. The fourth-order valence-electron chi connectivity index (χ4n) is 1.94. The lowest BCUT2D eigenvalue weighted by molar-refractivity contribution is -0.141. The monoisotopic (exact) mass is 304 g/mol. The van der Waals surface area contributed by atoms with Gasteiger partial charge in [0.1, 0.15) is 6.04 Å². The van der Waals surface area contributed by atoms with E-state index in [1.807, 2.05) is 6.92 Å². The number of carboxylic acid groups (broad SMARTS) is 1. The van der Waals surface area contributed by atoms with Gasteiger partial charge in [-0.1, -0.05) is 13.3 Å². The van der Waals surface area contributed by atoms with E-state index in [0.29, 0.717) is 5.75 Å². The minimum Gasteiger partial charge on any atom is -0.480 e. The molecule has 2 atom stereocenters. The maximum Gasteiger partial charge on any atom is 0.327 e. The molecule has 0 spiro atoms. The van der Waals surface area contributed by atoms with Gasteiger partial charge in [-0.3, -0.25) is 4.90 Å². The van der Waals surface area contributed by atoms with Crippen molar-refractivity contribution in [2.75, 3.05) is 18.8 Å². The fraction of sp³-hybridized carbons (Fsp3) is 0.727. The Kier molecular flexibility index (Phi) is 6.43. The van der Waals surface area contributed by atoms with Crippen molar-refractivity contribution in [3.8, 4) is 0 Å². The Morgan fingerprint density at radius 2 is 2.00 bits per heavy atom. The van der Waals surface area contributed by atoms with Crippen molar-refractivity contribution in [1.29, 1.82) is 0 Å². The summed E-state index contributed by atoms with van der Waals surface area (Å²) in [6, 6.07) is -1.89. The molecule has 5 N–H and O–H groups in total. The SMILES string of the molecule is CCCC1SCC(C(=O)O)N1C(=O)NCCNC(N)=O. The third-order valence-corrected chi connectivity index (χ3v) is 4.20. The second kappa shape index (κ2) is 7.83. The Hall–Kier alpha value is -1.64. The van der Waals surface area contributed by atoms with Gasteiger partial charge in [0.05, 0.1) is 5.37 Å². The van der Waals surface area contributed by atoms with Crippen LogP contribution in [0.2, 0.25) is 0 Å². The molecule has 1 fully saturated rings. The van der Waals surface area contributed by atoms with Crippen LogP contribution in [0.1, 0.15) is 19.8 Å². The number of amides is 4. The largest absolute Gasteiger partial charge is 0.480 e. The topological polar surface area (TPSA) is 125 Å². The lowest BCUT2D eigenvalue weighted by Gasteiger charge is -2.27. The minimum atomic E-state index is -0.999. The molecule has 8 nitrogen and oxygen atoms in total. The molecular formula is C11H20N4O4S. The summed E-state index contributed by atoms with van der Waals surface area (Å²) in [5.41, 5.74) is 4.90. The van der Waals surface area contributed by atoms with E-state index in [9.17, 15) is 14.4 Å². The number of urea groups is 2. The first-order valence-electron chi connectivity index (χ1n) is 6.41. The summed E-state index contributed by atoms with van der Waals surface area (Å²) in [7, 11) is 0. The number of thioether (sulfide) groups is 1. The van der Waals surface area contributed by atoms with Gasteiger partial charge in [-0.25, -0.2) is 14.4 Å². The molecule has 0 aromatic carbocycles. The molecule has 4 amide bonds. The molecule has 1 aliphatic rings. The maximum absolute atomic E-state index is 12.1. The van der Waals surface area contributed by atoms with Crippen molar-refractivity contribution in [2.45, 2.75) is 31.2 Å². The number of hydrogen-bond acceptors (Lipinski definition) is 4. The van der Waals surface area contributed by atoms with Crippen LogP contribution in [0, 0.1) is 0 Å². The van der Waals surface area contributed by atoms with Crippen LogP contribution < -0.4 is 16.4 Å². The summed E-state index contributed by atoms with van der Waals surface area (Å²) in [6.07, 6.45) is 1.62. The van der Waals surface area contributed by atoms with Crippen LogP contribution in [-0.2, 0) is 4.79 Å². The third-order valence-electron chi connectivity index (χ3n) is 2.85. The zero-order valence-corrected chi connectivity index (χ0v) is 12.1. The van der Waals surface area contributed by atoms with Gasteiger partial charge in [-0.05, 0) is 6.42 Å². The molecular weight excluding hydrogens is 284 g/mol. The molecule has 1 saturated heterocycles. The number of hydrogen-bond donors (Lipinski definition) is 4. The number of rotatable bonds is 6. The summed E-state index contributed by atoms with van der Waals surface area (Å²) < 4.78 is 0. The maximum atomic E-state index is 12.1. The molecule has 1 heterocycles. The second-order valence-corrected chi connectivity index (χ2v) is 5.57. The number of nitrogens with zero attached hydrogens (tertiary/aromatic N) is 1. The highest BCUT2D eigenvalue weighted by Crippen LogP contribution is 2.32. The quantitative estimate of drug-likeness (QED) is 0.514. The normalized spacial score (nSPS) is 21.6. The molecule has 1 rings (SSSR count). The van der Waals surface area contributed by atoms with Gasteiger partial charge in [-0.2, -0.15) is 0 Å². The number of carbonyl (C=O) groups is 3. The summed E-state index contributed by atoms with van der Waals surface area (Å²) in [6.45, 7) is 2.40. The summed E-state index contributed by atoms with van der Waals surface area (Å²) in [5, 5.41) is 14.0. The number of carboxylic acids is 1. The van der Waals surface area contributed by atoms with E-state index >= 15 is 0 Å². The first kappa shape index (κ1) is 16.4. The van der Waals surface area contributed by atoms with Gasteiger partial charge >= 0.3 is 18.0 Å². The zero-order valence-electron chi connectivity index (χ0n) is 11.3. The molecule has 0 aliphatic carbocycles. The van der Waals surface area contributed by atoms with Crippen LogP contribution in [0.5, 0.6) is 0 Å². The first-order valence-corrected chi connectivity index (χ1v) is 7.46. The van der Waals surface area contributed by atoms with Crippen molar-refractivity contribution in [3.63, 3.8) is 0 Å². The molecule has 0 radical (unpaired) electrons. The van der Waals surface area contributed by atoms with Gasteiger partial charge < -0.3 is 21.5 Å². The highest BCUT2D eigenvalue weighted by Gasteiger charge is 2.40. The Labute approximate surface area is 121 Å². The Bertz CT molecular complexity index is 379. The Morgan fingerprint density at radius 3 is 2.55 bits per heavy atom. The van der Waals surface area contributed by atoms with E-state index in [0.717, 1.165) is 12.8 Å². The highest BCUT2D eigenvalue weighted by molar-refractivity contribution is 8.00. The van der Waals surface area contributed by atoms with Crippen LogP contribution in [-0.4, -0.2) is 58.3 Å². The molecule has 20 heavy (non-hydrogen) atoms. The van der Waals surface area contributed by atoms with Crippen molar-refractivity contribution >= 4 is 29.8 Å². The molecule has 0 bridgehead atoms. The Morgan fingerprint density at radius 1 is 1.35 bits per heavy atom. The second-order valence-electron chi connectivity index (χ2n) is 4.36. The van der Waals surface area contributed by atoms with Crippen LogP contribution in [0.25, 0.3) is 0 Å². The fourth-order valence-corrected chi connectivity index (χ4v) is 3.46. The average Bonchev–Trinajstić information content (AvgIpc) is 2.78. The van der Waals surface area contributed by atoms with Crippen LogP contribution >= 0.6 is 11.8 Å². The van der Waals surface area contributed by atoms with Crippen molar-refractivity contribution in [1.82, 2.24) is 15.5 Å². The smallest absolute Gasteiger partial charge is 0.327 e. The summed E-state index contributed by atoms with van der Waals surface area (Å²) >= 11 is 1.48. The van der Waals surface area contributed by atoms with Crippen LogP contribution in [0.4, 0.5) is 9.59 Å². The van der Waals surface area contributed by atoms with E-state index in [-0.39, 0.29) is 18.5 Å². The van der Waals surface area contributed by atoms with Crippen molar-refractivity contribution < 1.29 is 19.5 Å². The standard InChI is InChI=1S/C11H20N4O4S/c1-2-3-8-15(7(6-20-8)9(16)17)11(19)14-5-4-13-10(12)18/h7-8H,2-6H2,1H3,(H,14,19)(H,16,17)(H3,12,13,18). The molecule has 1 aliphatic heterocycles. The van der Waals surface area contributed by atoms with Gasteiger partial charge in [0.15, 0.2) is 0 Å². The molecule has 0 aromatic heterocycles. The molecule has 2 unspecified atom stereocenters. The van der Waals surface area contributed by atoms with Crippen molar-refractivity contribution in [3.05, 3.63) is 0 Å². The third kappa shape index (κ3) is 4.48. The number of aliphatic carboxylic acids is 1. The first-order chi connectivity index (χ1) is 9.47. The molecule has 0 saturated carbocycles. The summed E-state index contributed by atoms with van der Waals surface area (Å²) in [5.74, 6) is -0.603. The molecule has 9 heteroatoms. The molecule has 114 valence electrons. The van der Waals surface area contributed by atoms with Crippen molar-refractivity contribution in [2.24, 2.45) is 5.73 Å². The number of nitrogens with one attached hydrogen (secondary N) is 2. The van der Waals surface area contributed by atoms with E-state index in [4.69, 9.17) is 10.8 Å². The summed E-state index contributed by atoms with van der Waals surface area (Å²) in [4.78, 5) is 35.1. The molecule has 0 aromatic rings. The van der Waals surface area contributed by atoms with Gasteiger partial charge in [0.2, 0.25) is 0 Å². The van der Waals surface area contributed by atoms with E-state index in [1.54, 1.807) is 0 Å². The van der Waals surface area contributed by atoms with E-state index in [2.05, 4.69) is 10.6 Å². The predicted molar refractivity (Wildman–Crippen MR) is 75.4 cm³/mol. The minimum absolute atomic E-state index is 0.120. The zero-order chi connectivity index (χ0) is 15.1. The lowest BCUT2D eigenvalue weighted by Crippen LogP contribution is -2.51. The number of primary amides is 1. The van der Waals surface area contributed by atoms with E-state index < -0.39 is 24.1 Å². The van der Waals surface area contributed by atoms with Gasteiger partial charge in [0, 0.05) is 18.8 Å². The highest BCUT2D eigenvalue weighted by atomic mass is 32.2. The van der Waals surface area contributed by atoms with E-state index in [1.165, 1.54) is 16.7 Å². The lowest BCUT2D eigenvalue weighted by atomic mass is 10.2. The van der Waals surface area contributed by atoms with Crippen LogP contribution in [0.3, 0.4) is 0 Å². The van der Waals surface area contributed by atoms with Crippen LogP contribution in [0.15, 0.2) is 0 Å². The Balaban J connectivity index is 2.55. The average molecular weight is 304 g/mol. The van der Waals surface area contributed by atoms with Gasteiger partial charge in [-0.15, -0.1) is 11.8 Å².